The first-order valence-corrected chi connectivity index (χ1v) is 8.34. The molecule has 0 saturated heterocycles. The minimum absolute atomic E-state index is 0.351. The number of thiazole rings is 1. The Labute approximate surface area is 127 Å². The molecule has 1 saturated carbocycles. The van der Waals surface area contributed by atoms with Crippen molar-refractivity contribution < 1.29 is 9.53 Å². The van der Waals surface area contributed by atoms with Crippen LogP contribution in [0.15, 0.2) is 11.6 Å². The van der Waals surface area contributed by atoms with E-state index < -0.39 is 0 Å². The van der Waals surface area contributed by atoms with Gasteiger partial charge in [0.25, 0.3) is 0 Å². The Balaban J connectivity index is 1.83. The van der Waals surface area contributed by atoms with Gasteiger partial charge in [-0.2, -0.15) is 5.10 Å². The zero-order valence-corrected chi connectivity index (χ0v) is 12.9. The van der Waals surface area contributed by atoms with Crippen LogP contribution in [0.4, 0.5) is 0 Å². The van der Waals surface area contributed by atoms with Crippen molar-refractivity contribution in [2.45, 2.75) is 44.9 Å². The Morgan fingerprint density at radius 3 is 3.00 bits per heavy atom. The van der Waals surface area contributed by atoms with Crippen LogP contribution in [0.25, 0.3) is 10.7 Å². The maximum absolute atomic E-state index is 11.9. The minimum Gasteiger partial charge on any atom is -0.462 e. The van der Waals surface area contributed by atoms with Crippen LogP contribution < -0.4 is 0 Å². The fraction of sp³-hybridized carbons (Fsp3) is 0.533. The van der Waals surface area contributed by atoms with Gasteiger partial charge in [-0.25, -0.2) is 9.78 Å². The molecule has 2 heterocycles. The molecule has 1 aliphatic carbocycles. The molecule has 0 spiro atoms. The van der Waals surface area contributed by atoms with E-state index in [0.29, 0.717) is 23.8 Å². The van der Waals surface area contributed by atoms with Gasteiger partial charge in [0, 0.05) is 11.3 Å². The van der Waals surface area contributed by atoms with Crippen molar-refractivity contribution in [1.82, 2.24) is 15.2 Å². The van der Waals surface area contributed by atoms with Crippen molar-refractivity contribution in [2.24, 2.45) is 0 Å². The molecule has 0 aromatic carbocycles. The number of carbonyl (C=O) groups excluding carboxylic acids is 1. The van der Waals surface area contributed by atoms with Gasteiger partial charge in [0.05, 0.1) is 18.5 Å². The third-order valence-corrected chi connectivity index (χ3v) is 4.77. The number of hydrogen-bond donors (Lipinski definition) is 1. The minimum atomic E-state index is -0.351. The van der Waals surface area contributed by atoms with Crippen molar-refractivity contribution in [3.05, 3.63) is 22.8 Å². The van der Waals surface area contributed by atoms with Crippen LogP contribution in [0.5, 0.6) is 0 Å². The molecule has 3 rings (SSSR count). The van der Waals surface area contributed by atoms with Gasteiger partial charge in [-0.1, -0.05) is 19.3 Å². The molecule has 112 valence electrons. The van der Waals surface area contributed by atoms with Crippen LogP contribution >= 0.6 is 11.3 Å². The maximum atomic E-state index is 11.9. The highest BCUT2D eigenvalue weighted by Gasteiger charge is 2.22. The van der Waals surface area contributed by atoms with Gasteiger partial charge in [0.2, 0.25) is 0 Å². The molecular formula is C15H19N3O2S. The summed E-state index contributed by atoms with van der Waals surface area (Å²) >= 11 is 1.56. The van der Waals surface area contributed by atoms with E-state index in [9.17, 15) is 4.79 Å². The molecule has 0 atom stereocenters. The summed E-state index contributed by atoms with van der Waals surface area (Å²) in [6.07, 6.45) is 7.86. The molecule has 0 unspecified atom stereocenters. The Morgan fingerprint density at radius 1 is 1.43 bits per heavy atom. The lowest BCUT2D eigenvalue weighted by atomic mass is 9.87. The lowest BCUT2D eigenvalue weighted by molar-refractivity contribution is 0.0527. The molecule has 6 heteroatoms. The van der Waals surface area contributed by atoms with Gasteiger partial charge < -0.3 is 4.74 Å². The van der Waals surface area contributed by atoms with Crippen LogP contribution in [-0.4, -0.2) is 27.8 Å². The second kappa shape index (κ2) is 6.39. The van der Waals surface area contributed by atoms with E-state index >= 15 is 0 Å². The van der Waals surface area contributed by atoms with Crippen molar-refractivity contribution in [1.29, 1.82) is 0 Å². The van der Waals surface area contributed by atoms with E-state index in [1.165, 1.54) is 38.3 Å². The van der Waals surface area contributed by atoms with Crippen molar-refractivity contribution >= 4 is 17.3 Å². The lowest BCUT2D eigenvalue weighted by Gasteiger charge is -2.19. The summed E-state index contributed by atoms with van der Waals surface area (Å²) in [6.45, 7) is 2.15. The molecular weight excluding hydrogens is 286 g/mol. The first-order valence-electron chi connectivity index (χ1n) is 7.46. The number of hydrogen-bond acceptors (Lipinski definition) is 5. The van der Waals surface area contributed by atoms with Crippen molar-refractivity contribution in [2.75, 3.05) is 6.61 Å². The number of H-pyrrole nitrogens is 1. The number of aromatic amines is 1. The monoisotopic (exact) mass is 305 g/mol. The average Bonchev–Trinajstić information content (AvgIpc) is 3.17. The SMILES string of the molecule is CCOC(=O)c1cn[nH]c1-c1nc(C2CCCCC2)cs1. The van der Waals surface area contributed by atoms with Gasteiger partial charge in [-0.05, 0) is 19.8 Å². The van der Waals surface area contributed by atoms with Gasteiger partial charge in [0.15, 0.2) is 0 Å². The first-order chi connectivity index (χ1) is 10.3. The van der Waals surface area contributed by atoms with Crippen LogP contribution in [0.1, 0.15) is 61.0 Å². The van der Waals surface area contributed by atoms with E-state index in [4.69, 9.17) is 9.72 Å². The Bertz CT molecular complexity index is 614. The number of nitrogens with one attached hydrogen (secondary N) is 1. The highest BCUT2D eigenvalue weighted by molar-refractivity contribution is 7.13. The summed E-state index contributed by atoms with van der Waals surface area (Å²) in [7, 11) is 0. The molecule has 5 nitrogen and oxygen atoms in total. The van der Waals surface area contributed by atoms with E-state index in [2.05, 4.69) is 15.6 Å². The van der Waals surface area contributed by atoms with Crippen LogP contribution in [0.3, 0.4) is 0 Å². The summed E-state index contributed by atoms with van der Waals surface area (Å²) in [5, 5.41) is 9.77. The second-order valence-corrected chi connectivity index (χ2v) is 6.15. The van der Waals surface area contributed by atoms with E-state index in [1.807, 2.05) is 0 Å². The van der Waals surface area contributed by atoms with Crippen LogP contribution in [0.2, 0.25) is 0 Å². The average molecular weight is 305 g/mol. The van der Waals surface area contributed by atoms with Crippen molar-refractivity contribution in [3.63, 3.8) is 0 Å². The van der Waals surface area contributed by atoms with Crippen LogP contribution in [-0.2, 0) is 4.74 Å². The number of rotatable bonds is 4. The van der Waals surface area contributed by atoms with E-state index in [-0.39, 0.29) is 5.97 Å². The van der Waals surface area contributed by atoms with Gasteiger partial charge in [-0.15, -0.1) is 11.3 Å². The number of ether oxygens (including phenoxy) is 1. The van der Waals surface area contributed by atoms with Gasteiger partial charge >= 0.3 is 5.97 Å². The Hall–Kier alpha value is -1.69. The zero-order chi connectivity index (χ0) is 14.7. The summed E-state index contributed by atoms with van der Waals surface area (Å²) in [6, 6.07) is 0. The molecule has 2 aromatic rings. The largest absolute Gasteiger partial charge is 0.462 e. The Morgan fingerprint density at radius 2 is 2.24 bits per heavy atom. The molecule has 1 fully saturated rings. The highest BCUT2D eigenvalue weighted by atomic mass is 32.1. The standard InChI is InChI=1S/C15H19N3O2S/c1-2-20-15(19)11-8-16-18-13(11)14-17-12(9-21-14)10-6-4-3-5-7-10/h8-10H,2-7H2,1H3,(H,16,18). The first kappa shape index (κ1) is 14.3. The van der Waals surface area contributed by atoms with Crippen LogP contribution in [0, 0.1) is 0 Å². The van der Waals surface area contributed by atoms with E-state index in [0.717, 1.165) is 10.7 Å². The van der Waals surface area contributed by atoms with E-state index in [1.54, 1.807) is 18.3 Å². The summed E-state index contributed by atoms with van der Waals surface area (Å²) in [5.41, 5.74) is 2.28. The normalized spacial score (nSPS) is 16.0. The molecule has 1 aliphatic rings. The van der Waals surface area contributed by atoms with Crippen molar-refractivity contribution in [3.8, 4) is 10.7 Å². The Kier molecular flexibility index (Phi) is 4.34. The predicted octanol–water partition coefficient (Wildman–Crippen LogP) is 3.76. The zero-order valence-electron chi connectivity index (χ0n) is 12.1. The highest BCUT2D eigenvalue weighted by Crippen LogP contribution is 2.35. The number of carbonyl (C=O) groups is 1. The summed E-state index contributed by atoms with van der Waals surface area (Å²) < 4.78 is 5.05. The summed E-state index contributed by atoms with van der Waals surface area (Å²) in [4.78, 5) is 16.6. The molecule has 0 amide bonds. The molecule has 0 bridgehead atoms. The molecule has 0 aliphatic heterocycles. The molecule has 0 radical (unpaired) electrons. The smallest absolute Gasteiger partial charge is 0.342 e. The maximum Gasteiger partial charge on any atom is 0.342 e. The van der Waals surface area contributed by atoms with Gasteiger partial charge in [-0.3, -0.25) is 5.10 Å². The number of esters is 1. The topological polar surface area (TPSA) is 67.9 Å². The number of aromatic nitrogens is 3. The molecule has 1 N–H and O–H groups in total. The third-order valence-electron chi connectivity index (χ3n) is 3.89. The lowest BCUT2D eigenvalue weighted by Crippen LogP contribution is -2.06. The summed E-state index contributed by atoms with van der Waals surface area (Å²) in [5.74, 6) is 0.216. The predicted molar refractivity (Wildman–Crippen MR) is 81.5 cm³/mol. The number of nitrogens with zero attached hydrogens (tertiary/aromatic N) is 2. The third kappa shape index (κ3) is 3.00. The fourth-order valence-corrected chi connectivity index (χ4v) is 3.71. The quantitative estimate of drug-likeness (QED) is 0.873. The molecule has 21 heavy (non-hydrogen) atoms. The second-order valence-electron chi connectivity index (χ2n) is 5.29. The fourth-order valence-electron chi connectivity index (χ4n) is 2.80. The molecule has 2 aromatic heterocycles. The van der Waals surface area contributed by atoms with Gasteiger partial charge in [0.1, 0.15) is 16.3 Å².